The number of aliphatic hydroxyl groups excluding tert-OH is 1. The molecule has 0 aliphatic heterocycles. The molecule has 0 spiro atoms. The van der Waals surface area contributed by atoms with Crippen molar-refractivity contribution in [1.29, 1.82) is 0 Å². The van der Waals surface area contributed by atoms with Gasteiger partial charge in [0.05, 0.1) is 6.61 Å². The van der Waals surface area contributed by atoms with Crippen LogP contribution in [0.1, 0.15) is 5.56 Å². The molecule has 2 heterocycles. The van der Waals surface area contributed by atoms with Crippen LogP contribution in [0.3, 0.4) is 0 Å². The number of aromatic nitrogens is 2. The summed E-state index contributed by atoms with van der Waals surface area (Å²) in [5.74, 6) is 0.584. The number of anilines is 1. The first-order valence-electron chi connectivity index (χ1n) is 7.13. The molecule has 0 saturated carbocycles. The van der Waals surface area contributed by atoms with Gasteiger partial charge in [-0.1, -0.05) is 42.5 Å². The van der Waals surface area contributed by atoms with Gasteiger partial charge in [0, 0.05) is 17.3 Å². The predicted molar refractivity (Wildman–Crippen MR) is 88.5 cm³/mol. The Morgan fingerprint density at radius 1 is 1.00 bits per heavy atom. The van der Waals surface area contributed by atoms with Crippen molar-refractivity contribution < 1.29 is 5.11 Å². The number of hydrogen-bond acceptors (Lipinski definition) is 3. The molecule has 4 heteroatoms. The third-order valence-electron chi connectivity index (χ3n) is 3.96. The maximum atomic E-state index is 9.45. The fourth-order valence-corrected chi connectivity index (χ4v) is 2.81. The summed E-state index contributed by atoms with van der Waals surface area (Å²) in [6.07, 6.45) is 1.86. The SMILES string of the molecule is Nc1c(-c2ccc3ccccc3c2)nc2c(CO)cccn12. The summed E-state index contributed by atoms with van der Waals surface area (Å²) >= 11 is 0. The first kappa shape index (κ1) is 12.9. The van der Waals surface area contributed by atoms with Gasteiger partial charge in [-0.05, 0) is 22.9 Å². The van der Waals surface area contributed by atoms with Gasteiger partial charge in [0.15, 0.2) is 0 Å². The fourth-order valence-electron chi connectivity index (χ4n) is 2.81. The molecule has 22 heavy (non-hydrogen) atoms. The van der Waals surface area contributed by atoms with E-state index in [0.29, 0.717) is 11.5 Å². The second-order valence-electron chi connectivity index (χ2n) is 5.29. The molecule has 108 valence electrons. The first-order valence-corrected chi connectivity index (χ1v) is 7.13. The van der Waals surface area contributed by atoms with Gasteiger partial charge >= 0.3 is 0 Å². The Balaban J connectivity index is 1.97. The van der Waals surface area contributed by atoms with Gasteiger partial charge in [-0.2, -0.15) is 0 Å². The molecular formula is C18H15N3O. The van der Waals surface area contributed by atoms with Crippen molar-refractivity contribution in [3.63, 3.8) is 0 Å². The minimum Gasteiger partial charge on any atom is -0.392 e. The maximum Gasteiger partial charge on any atom is 0.144 e. The Kier molecular flexibility index (Phi) is 2.84. The molecule has 0 fully saturated rings. The molecule has 4 nitrogen and oxygen atoms in total. The minimum atomic E-state index is -0.0576. The van der Waals surface area contributed by atoms with E-state index in [2.05, 4.69) is 29.2 Å². The maximum absolute atomic E-state index is 9.45. The number of aliphatic hydroxyl groups is 1. The summed E-state index contributed by atoms with van der Waals surface area (Å²) < 4.78 is 1.82. The zero-order valence-corrected chi connectivity index (χ0v) is 11.9. The highest BCUT2D eigenvalue weighted by Crippen LogP contribution is 2.30. The Hall–Kier alpha value is -2.85. The van der Waals surface area contributed by atoms with Crippen LogP contribution in [0.4, 0.5) is 5.82 Å². The summed E-state index contributed by atoms with van der Waals surface area (Å²) in [4.78, 5) is 4.64. The Morgan fingerprint density at radius 3 is 2.64 bits per heavy atom. The van der Waals surface area contributed by atoms with Crippen LogP contribution in [-0.4, -0.2) is 14.5 Å². The molecular weight excluding hydrogens is 274 g/mol. The Bertz CT molecular complexity index is 988. The van der Waals surface area contributed by atoms with Gasteiger partial charge in [-0.15, -0.1) is 0 Å². The van der Waals surface area contributed by atoms with E-state index in [1.807, 2.05) is 40.9 Å². The molecule has 3 N–H and O–H groups in total. The second kappa shape index (κ2) is 4.86. The largest absolute Gasteiger partial charge is 0.392 e. The van der Waals surface area contributed by atoms with Crippen molar-refractivity contribution in [3.8, 4) is 11.3 Å². The summed E-state index contributed by atoms with van der Waals surface area (Å²) in [6.45, 7) is -0.0576. The van der Waals surface area contributed by atoms with E-state index in [-0.39, 0.29) is 6.61 Å². The molecule has 4 aromatic rings. The van der Waals surface area contributed by atoms with E-state index >= 15 is 0 Å². The van der Waals surface area contributed by atoms with Crippen LogP contribution >= 0.6 is 0 Å². The molecule has 0 aliphatic rings. The normalized spacial score (nSPS) is 11.3. The fraction of sp³-hybridized carbons (Fsp3) is 0.0556. The van der Waals surface area contributed by atoms with Crippen LogP contribution in [0, 0.1) is 0 Å². The average Bonchev–Trinajstić information content (AvgIpc) is 2.91. The zero-order chi connectivity index (χ0) is 15.1. The lowest BCUT2D eigenvalue weighted by Crippen LogP contribution is -1.95. The Labute approximate surface area is 127 Å². The molecule has 2 aromatic carbocycles. The topological polar surface area (TPSA) is 63.5 Å². The molecule has 2 aromatic heterocycles. The van der Waals surface area contributed by atoms with Gasteiger partial charge in [0.2, 0.25) is 0 Å². The smallest absolute Gasteiger partial charge is 0.144 e. The molecule has 0 amide bonds. The van der Waals surface area contributed by atoms with Crippen LogP contribution in [-0.2, 0) is 6.61 Å². The van der Waals surface area contributed by atoms with Crippen LogP contribution in [0.25, 0.3) is 27.7 Å². The van der Waals surface area contributed by atoms with Crippen molar-refractivity contribution in [2.75, 3.05) is 5.73 Å². The first-order chi connectivity index (χ1) is 10.8. The standard InChI is InChI=1S/C18H15N3O/c19-17-16(20-18-15(11-22)6-3-9-21(17)18)14-8-7-12-4-1-2-5-13(12)10-14/h1-10,22H,11,19H2. The summed E-state index contributed by atoms with van der Waals surface area (Å²) in [6, 6.07) is 18.1. The van der Waals surface area contributed by atoms with Gasteiger partial charge in [-0.3, -0.25) is 4.40 Å². The monoisotopic (exact) mass is 289 g/mol. The summed E-state index contributed by atoms with van der Waals surface area (Å²) in [5.41, 5.74) is 9.44. The second-order valence-corrected chi connectivity index (χ2v) is 5.29. The van der Waals surface area contributed by atoms with E-state index in [4.69, 9.17) is 5.73 Å². The van der Waals surface area contributed by atoms with E-state index in [1.54, 1.807) is 0 Å². The van der Waals surface area contributed by atoms with Crippen LogP contribution < -0.4 is 5.73 Å². The third kappa shape index (κ3) is 1.85. The lowest BCUT2D eigenvalue weighted by atomic mass is 10.1. The quantitative estimate of drug-likeness (QED) is 0.595. The van der Waals surface area contributed by atoms with Crippen LogP contribution in [0.15, 0.2) is 60.8 Å². The number of fused-ring (bicyclic) bond motifs is 2. The van der Waals surface area contributed by atoms with E-state index in [9.17, 15) is 5.11 Å². The summed E-state index contributed by atoms with van der Waals surface area (Å²) in [5, 5.41) is 11.8. The van der Waals surface area contributed by atoms with E-state index < -0.39 is 0 Å². The highest BCUT2D eigenvalue weighted by Gasteiger charge is 2.13. The highest BCUT2D eigenvalue weighted by molar-refractivity contribution is 5.89. The van der Waals surface area contributed by atoms with E-state index in [0.717, 1.165) is 22.2 Å². The molecule has 0 bridgehead atoms. The number of nitrogens with zero attached hydrogens (tertiary/aromatic N) is 2. The predicted octanol–water partition coefficient (Wildman–Crippen LogP) is 3.23. The lowest BCUT2D eigenvalue weighted by molar-refractivity contribution is 0.282. The van der Waals surface area contributed by atoms with Crippen molar-refractivity contribution >= 4 is 22.2 Å². The van der Waals surface area contributed by atoms with Crippen molar-refractivity contribution in [2.24, 2.45) is 0 Å². The third-order valence-corrected chi connectivity index (χ3v) is 3.96. The molecule has 0 atom stereocenters. The van der Waals surface area contributed by atoms with E-state index in [1.165, 1.54) is 5.39 Å². The lowest BCUT2D eigenvalue weighted by Gasteiger charge is -2.02. The van der Waals surface area contributed by atoms with Crippen molar-refractivity contribution in [1.82, 2.24) is 9.38 Å². The number of imidazole rings is 1. The minimum absolute atomic E-state index is 0.0576. The van der Waals surface area contributed by atoms with Crippen molar-refractivity contribution in [3.05, 3.63) is 66.4 Å². The molecule has 0 saturated heterocycles. The van der Waals surface area contributed by atoms with Gasteiger partial charge in [-0.25, -0.2) is 4.98 Å². The zero-order valence-electron chi connectivity index (χ0n) is 11.9. The van der Waals surface area contributed by atoms with Gasteiger partial charge < -0.3 is 10.8 Å². The molecule has 0 unspecified atom stereocenters. The summed E-state index contributed by atoms with van der Waals surface area (Å²) in [7, 11) is 0. The highest BCUT2D eigenvalue weighted by atomic mass is 16.3. The number of rotatable bonds is 2. The molecule has 4 rings (SSSR count). The number of nitrogen functional groups attached to an aromatic ring is 1. The number of hydrogen-bond donors (Lipinski definition) is 2. The average molecular weight is 289 g/mol. The number of benzene rings is 2. The number of pyridine rings is 1. The number of nitrogens with two attached hydrogens (primary N) is 1. The van der Waals surface area contributed by atoms with Crippen LogP contribution in [0.2, 0.25) is 0 Å². The van der Waals surface area contributed by atoms with Gasteiger partial charge in [0.25, 0.3) is 0 Å². The molecule has 0 radical (unpaired) electrons. The van der Waals surface area contributed by atoms with Crippen molar-refractivity contribution in [2.45, 2.75) is 6.61 Å². The van der Waals surface area contributed by atoms with Gasteiger partial charge in [0.1, 0.15) is 17.2 Å². The Morgan fingerprint density at radius 2 is 1.82 bits per heavy atom. The van der Waals surface area contributed by atoms with Crippen LogP contribution in [0.5, 0.6) is 0 Å². The molecule has 0 aliphatic carbocycles.